The monoisotopic (exact) mass is 582 g/mol. The van der Waals surface area contributed by atoms with Gasteiger partial charge in [0.1, 0.15) is 5.82 Å². The zero-order chi connectivity index (χ0) is 29.2. The number of piperazine rings is 1. The number of fused-ring (bicyclic) bond motifs is 3. The van der Waals surface area contributed by atoms with Gasteiger partial charge in [0, 0.05) is 25.3 Å². The summed E-state index contributed by atoms with van der Waals surface area (Å²) in [6.07, 6.45) is 4.61. The van der Waals surface area contributed by atoms with E-state index in [9.17, 15) is 27.9 Å². The van der Waals surface area contributed by atoms with Gasteiger partial charge in [-0.3, -0.25) is 4.79 Å². The lowest BCUT2D eigenvalue weighted by atomic mass is 9.78. The van der Waals surface area contributed by atoms with Crippen molar-refractivity contribution in [3.05, 3.63) is 59.3 Å². The number of likely N-dealkylation sites (tertiary alicyclic amines) is 2. The summed E-state index contributed by atoms with van der Waals surface area (Å²) in [6, 6.07) is 9.86. The topological polar surface area (TPSA) is 77.0 Å². The van der Waals surface area contributed by atoms with Crippen LogP contribution in [0.15, 0.2) is 42.6 Å². The van der Waals surface area contributed by atoms with E-state index in [1.807, 2.05) is 23.1 Å². The number of piperidine rings is 1. The third-order valence-electron chi connectivity index (χ3n) is 11.1. The van der Waals surface area contributed by atoms with E-state index in [4.69, 9.17) is 0 Å². The first-order valence-electron chi connectivity index (χ1n) is 15.3. The molecule has 224 valence electrons. The summed E-state index contributed by atoms with van der Waals surface area (Å²) in [5.41, 5.74) is 0.429. The molecule has 7 rings (SSSR count). The Morgan fingerprint density at radius 2 is 1.79 bits per heavy atom. The number of rotatable bonds is 5. The van der Waals surface area contributed by atoms with Crippen LogP contribution < -0.4 is 4.90 Å². The predicted octanol–water partition coefficient (Wildman–Crippen LogP) is 5.42. The average Bonchev–Trinajstić information content (AvgIpc) is 3.77. The first kappa shape index (κ1) is 27.7. The Balaban J connectivity index is 1.00. The highest BCUT2D eigenvalue weighted by Gasteiger charge is 2.59. The summed E-state index contributed by atoms with van der Waals surface area (Å²) in [5, 5.41) is 9.37. The van der Waals surface area contributed by atoms with Gasteiger partial charge in [0.2, 0.25) is 5.91 Å². The summed E-state index contributed by atoms with van der Waals surface area (Å²) in [4.78, 5) is 36.6. The van der Waals surface area contributed by atoms with Crippen LogP contribution in [0, 0.1) is 11.3 Å². The molecule has 7 nitrogen and oxygen atoms in total. The smallest absolute Gasteiger partial charge is 0.416 e. The van der Waals surface area contributed by atoms with Gasteiger partial charge in [-0.2, -0.15) is 13.2 Å². The summed E-state index contributed by atoms with van der Waals surface area (Å²) < 4.78 is 39.9. The Hall–Kier alpha value is -3.14. The van der Waals surface area contributed by atoms with Crippen LogP contribution in [0.2, 0.25) is 0 Å². The van der Waals surface area contributed by atoms with Gasteiger partial charge in [0.05, 0.1) is 28.6 Å². The van der Waals surface area contributed by atoms with Crippen molar-refractivity contribution in [2.45, 2.75) is 81.6 Å². The van der Waals surface area contributed by atoms with E-state index in [0.717, 1.165) is 82.2 Å². The molecule has 0 unspecified atom stereocenters. The van der Waals surface area contributed by atoms with Crippen molar-refractivity contribution in [3.63, 3.8) is 0 Å². The number of aromatic carboxylic acids is 1. The van der Waals surface area contributed by atoms with Crippen LogP contribution >= 0.6 is 0 Å². The van der Waals surface area contributed by atoms with E-state index >= 15 is 0 Å². The Labute approximate surface area is 243 Å². The molecule has 2 saturated carbocycles. The van der Waals surface area contributed by atoms with Crippen LogP contribution in [0.25, 0.3) is 0 Å². The van der Waals surface area contributed by atoms with E-state index in [1.165, 1.54) is 6.20 Å². The molecule has 1 aromatic carbocycles. The first-order chi connectivity index (χ1) is 20.1. The molecular weight excluding hydrogens is 545 g/mol. The Morgan fingerprint density at radius 3 is 2.50 bits per heavy atom. The van der Waals surface area contributed by atoms with Gasteiger partial charge in [-0.1, -0.05) is 18.6 Å². The molecule has 3 aliphatic heterocycles. The Morgan fingerprint density at radius 1 is 0.976 bits per heavy atom. The molecular formula is C32H37F3N4O3. The molecule has 3 saturated heterocycles. The molecule has 1 amide bonds. The van der Waals surface area contributed by atoms with E-state index in [-0.39, 0.29) is 23.4 Å². The molecule has 5 fully saturated rings. The highest BCUT2D eigenvalue weighted by atomic mass is 19.4. The molecule has 2 bridgehead atoms. The SMILES string of the molecule is O=C(O)c1cccc(C2CCN([C@H]3C[C@H]4CCC[C@@]4(C(=O)N4C[C@H]5C[C@H]4CN5c4cc(C(F)(F)F)ccn4)C3)CC2)c1. The van der Waals surface area contributed by atoms with Crippen LogP contribution in [0.5, 0.6) is 0 Å². The number of halogens is 3. The molecule has 2 aliphatic carbocycles. The quantitative estimate of drug-likeness (QED) is 0.508. The second-order valence-corrected chi connectivity index (χ2v) is 13.1. The fourth-order valence-corrected chi connectivity index (χ4v) is 8.99. The summed E-state index contributed by atoms with van der Waals surface area (Å²) in [7, 11) is 0. The summed E-state index contributed by atoms with van der Waals surface area (Å²) in [5.74, 6) is 0.470. The molecule has 42 heavy (non-hydrogen) atoms. The number of nitrogens with zero attached hydrogens (tertiary/aromatic N) is 4. The van der Waals surface area contributed by atoms with Gasteiger partial charge < -0.3 is 19.8 Å². The number of pyridine rings is 1. The number of hydrogen-bond acceptors (Lipinski definition) is 5. The van der Waals surface area contributed by atoms with Crippen molar-refractivity contribution >= 4 is 17.7 Å². The zero-order valence-corrected chi connectivity index (χ0v) is 23.6. The number of aromatic nitrogens is 1. The molecule has 0 radical (unpaired) electrons. The highest BCUT2D eigenvalue weighted by molar-refractivity contribution is 5.87. The lowest BCUT2D eigenvalue weighted by Gasteiger charge is -2.41. The van der Waals surface area contributed by atoms with E-state index < -0.39 is 17.7 Å². The molecule has 10 heteroatoms. The second-order valence-electron chi connectivity index (χ2n) is 13.1. The van der Waals surface area contributed by atoms with Crippen LogP contribution in [-0.4, -0.2) is 76.1 Å². The number of alkyl halides is 3. The summed E-state index contributed by atoms with van der Waals surface area (Å²) >= 11 is 0. The standard InChI is InChI=1S/C32H37F3N4O3/c33-32(34,35)24-6-10-36-28(15-24)38-18-27-16-26(38)19-39(27)30(42)31-9-2-5-23(31)14-25(17-31)37-11-7-20(8-12-37)21-3-1-4-22(13-21)29(40)41/h1,3-4,6,10,13,15,20,23,25-27H,2,5,7-9,11-12,14,16-19H2,(H,40,41)/t23-,25+,26-,27+,31-/m1/s1. The predicted molar refractivity (Wildman–Crippen MR) is 150 cm³/mol. The largest absolute Gasteiger partial charge is 0.478 e. The van der Waals surface area contributed by atoms with Crippen LogP contribution in [0.4, 0.5) is 19.0 Å². The normalized spacial score (nSPS) is 31.6. The minimum Gasteiger partial charge on any atom is -0.478 e. The fraction of sp³-hybridized carbons (Fsp3) is 0.594. The molecule has 5 atom stereocenters. The number of carboxylic acid groups (broad SMARTS) is 1. The molecule has 1 N–H and O–H groups in total. The van der Waals surface area contributed by atoms with Gasteiger partial charge in [0.25, 0.3) is 0 Å². The number of carboxylic acids is 1. The van der Waals surface area contributed by atoms with E-state index in [0.29, 0.717) is 42.3 Å². The number of amides is 1. The van der Waals surface area contributed by atoms with Crippen molar-refractivity contribution < 1.29 is 27.9 Å². The van der Waals surface area contributed by atoms with Gasteiger partial charge in [0.15, 0.2) is 0 Å². The Kier molecular flexibility index (Phi) is 6.75. The van der Waals surface area contributed by atoms with Crippen LogP contribution in [-0.2, 0) is 11.0 Å². The van der Waals surface area contributed by atoms with Crippen molar-refractivity contribution in [1.82, 2.24) is 14.8 Å². The lowest BCUT2D eigenvalue weighted by Crippen LogP contribution is -2.54. The number of hydrogen-bond donors (Lipinski definition) is 1. The maximum atomic E-state index is 14.3. The second kappa shape index (κ2) is 10.2. The van der Waals surface area contributed by atoms with Crippen molar-refractivity contribution in [3.8, 4) is 0 Å². The number of benzene rings is 1. The van der Waals surface area contributed by atoms with Crippen LogP contribution in [0.1, 0.15) is 78.8 Å². The maximum absolute atomic E-state index is 14.3. The fourth-order valence-electron chi connectivity index (χ4n) is 8.99. The number of carbonyl (C=O) groups is 2. The third-order valence-corrected chi connectivity index (χ3v) is 11.1. The van der Waals surface area contributed by atoms with Crippen LogP contribution in [0.3, 0.4) is 0 Å². The molecule has 0 spiro atoms. The Bertz CT molecular complexity index is 1380. The van der Waals surface area contributed by atoms with E-state index in [1.54, 1.807) is 6.07 Å². The van der Waals surface area contributed by atoms with Gasteiger partial charge in [-0.05, 0) is 99.7 Å². The highest BCUT2D eigenvalue weighted by Crippen LogP contribution is 2.57. The van der Waals surface area contributed by atoms with E-state index in [2.05, 4.69) is 14.8 Å². The maximum Gasteiger partial charge on any atom is 0.416 e. The van der Waals surface area contributed by atoms with Gasteiger partial charge in [-0.15, -0.1) is 0 Å². The van der Waals surface area contributed by atoms with Gasteiger partial charge >= 0.3 is 12.1 Å². The number of carbonyl (C=O) groups excluding carboxylic acids is 1. The minimum atomic E-state index is -4.41. The lowest BCUT2D eigenvalue weighted by molar-refractivity contribution is -0.144. The molecule has 4 heterocycles. The van der Waals surface area contributed by atoms with Crippen molar-refractivity contribution in [2.24, 2.45) is 11.3 Å². The van der Waals surface area contributed by atoms with Crippen molar-refractivity contribution in [2.75, 3.05) is 31.1 Å². The minimum absolute atomic E-state index is 0.00189. The number of anilines is 1. The zero-order valence-electron chi connectivity index (χ0n) is 23.6. The third kappa shape index (κ3) is 4.66. The summed E-state index contributed by atoms with van der Waals surface area (Å²) in [6.45, 7) is 3.00. The van der Waals surface area contributed by atoms with Crippen molar-refractivity contribution in [1.29, 1.82) is 0 Å². The molecule has 5 aliphatic rings. The average molecular weight is 583 g/mol. The molecule has 1 aromatic heterocycles. The first-order valence-corrected chi connectivity index (χ1v) is 15.3. The van der Waals surface area contributed by atoms with Gasteiger partial charge in [-0.25, -0.2) is 9.78 Å². The molecule has 2 aromatic rings.